The highest BCUT2D eigenvalue weighted by Crippen LogP contribution is 2.42. The van der Waals surface area contributed by atoms with Gasteiger partial charge >= 0.3 is 0 Å². The van der Waals surface area contributed by atoms with Crippen molar-refractivity contribution in [1.29, 1.82) is 0 Å². The van der Waals surface area contributed by atoms with Crippen LogP contribution in [-0.2, 0) is 21.1 Å². The number of benzene rings is 2. The van der Waals surface area contributed by atoms with Crippen LogP contribution in [-0.4, -0.2) is 55.4 Å². The van der Waals surface area contributed by atoms with E-state index in [1.165, 1.54) is 11.8 Å². The van der Waals surface area contributed by atoms with E-state index in [4.69, 9.17) is 0 Å². The Bertz CT molecular complexity index is 1170. The number of hydrogen-bond acceptors (Lipinski definition) is 5. The van der Waals surface area contributed by atoms with Crippen molar-refractivity contribution in [2.75, 3.05) is 34.4 Å². The van der Waals surface area contributed by atoms with E-state index >= 15 is 0 Å². The van der Waals surface area contributed by atoms with Crippen molar-refractivity contribution in [1.82, 2.24) is 0 Å². The topological polar surface area (TPSA) is 70.0 Å². The molecule has 0 radical (unpaired) electrons. The zero-order chi connectivity index (χ0) is 23.8. The van der Waals surface area contributed by atoms with E-state index in [-0.39, 0.29) is 35.1 Å². The molecule has 0 bridgehead atoms. The van der Waals surface area contributed by atoms with Gasteiger partial charge < -0.3 is 9.80 Å². The number of carbonyl (C=O) groups excluding carboxylic acids is 1. The summed E-state index contributed by atoms with van der Waals surface area (Å²) < 4.78 is 24.7. The molecule has 0 aromatic heterocycles. The number of sulfone groups is 1. The SMILES string of the molecule is CCN(CC)c1ccc(N2C(=NC(=O)Cc3ccc(C)cc3)S[C@@H]3CS(=O)(=O)C[C@@H]32)c(C)c1. The lowest BCUT2D eigenvalue weighted by atomic mass is 10.1. The maximum absolute atomic E-state index is 12.8. The minimum atomic E-state index is -3.10. The molecule has 0 N–H and O–H groups in total. The van der Waals surface area contributed by atoms with Crippen LogP contribution in [0.1, 0.15) is 30.5 Å². The Labute approximate surface area is 201 Å². The Morgan fingerprint density at radius 1 is 1.09 bits per heavy atom. The zero-order valence-corrected chi connectivity index (χ0v) is 21.2. The van der Waals surface area contributed by atoms with Gasteiger partial charge in [-0.1, -0.05) is 41.6 Å². The number of aliphatic imine (C=N–C) groups is 1. The van der Waals surface area contributed by atoms with Gasteiger partial charge in [0.15, 0.2) is 15.0 Å². The summed E-state index contributed by atoms with van der Waals surface area (Å²) in [6, 6.07) is 13.9. The van der Waals surface area contributed by atoms with E-state index in [0.717, 1.165) is 41.2 Å². The van der Waals surface area contributed by atoms with Crippen LogP contribution >= 0.6 is 11.8 Å². The fourth-order valence-corrected chi connectivity index (χ4v) is 8.49. The van der Waals surface area contributed by atoms with Gasteiger partial charge in [-0.05, 0) is 57.0 Å². The van der Waals surface area contributed by atoms with Gasteiger partial charge in [0.05, 0.1) is 24.0 Å². The molecule has 6 nitrogen and oxygen atoms in total. The van der Waals surface area contributed by atoms with Crippen molar-refractivity contribution in [2.24, 2.45) is 4.99 Å². The number of amidine groups is 1. The third kappa shape index (κ3) is 5.11. The van der Waals surface area contributed by atoms with Gasteiger partial charge in [0.25, 0.3) is 5.91 Å². The molecule has 2 aliphatic heterocycles. The van der Waals surface area contributed by atoms with Crippen molar-refractivity contribution < 1.29 is 13.2 Å². The summed E-state index contributed by atoms with van der Waals surface area (Å²) in [6.45, 7) is 10.1. The van der Waals surface area contributed by atoms with E-state index in [2.05, 4.69) is 35.9 Å². The summed E-state index contributed by atoms with van der Waals surface area (Å²) in [5, 5.41) is 0.499. The third-order valence-corrected chi connectivity index (χ3v) is 9.54. The van der Waals surface area contributed by atoms with Crippen molar-refractivity contribution >= 4 is 44.0 Å². The molecule has 0 unspecified atom stereocenters. The van der Waals surface area contributed by atoms with E-state index < -0.39 is 9.84 Å². The number of fused-ring (bicyclic) bond motifs is 1. The van der Waals surface area contributed by atoms with Crippen LogP contribution in [0, 0.1) is 13.8 Å². The molecule has 2 aliphatic rings. The average Bonchev–Trinajstić information content (AvgIpc) is 3.22. The molecule has 33 heavy (non-hydrogen) atoms. The molecule has 4 rings (SSSR count). The zero-order valence-electron chi connectivity index (χ0n) is 19.6. The van der Waals surface area contributed by atoms with Crippen LogP contribution in [0.4, 0.5) is 11.4 Å². The van der Waals surface area contributed by atoms with Crippen LogP contribution in [0.25, 0.3) is 0 Å². The average molecular weight is 486 g/mol. The Morgan fingerprint density at radius 2 is 1.79 bits per heavy atom. The number of hydrogen-bond donors (Lipinski definition) is 0. The summed E-state index contributed by atoms with van der Waals surface area (Å²) in [5.41, 5.74) is 5.17. The fraction of sp³-hybridized carbons (Fsp3) is 0.440. The summed E-state index contributed by atoms with van der Waals surface area (Å²) >= 11 is 1.42. The highest BCUT2D eigenvalue weighted by molar-refractivity contribution is 8.16. The van der Waals surface area contributed by atoms with E-state index in [9.17, 15) is 13.2 Å². The molecule has 1 amide bonds. The van der Waals surface area contributed by atoms with Gasteiger partial charge in [0.1, 0.15) is 0 Å². The molecule has 2 fully saturated rings. The number of thioether (sulfide) groups is 1. The standard InChI is InChI=1S/C25H31N3O3S2/c1-5-27(6-2)20-11-12-21(18(4)13-20)28-22-15-33(30,31)16-23(22)32-25(28)26-24(29)14-19-9-7-17(3)8-10-19/h7-13,22-23H,5-6,14-16H2,1-4H3/t22-,23+/m0/s1. The molecule has 2 aromatic carbocycles. The summed E-state index contributed by atoms with van der Waals surface area (Å²) in [7, 11) is -3.10. The number of amides is 1. The molecule has 2 saturated heterocycles. The minimum Gasteiger partial charge on any atom is -0.372 e. The lowest BCUT2D eigenvalue weighted by Gasteiger charge is -2.28. The number of carbonyl (C=O) groups is 1. The monoisotopic (exact) mass is 485 g/mol. The quantitative estimate of drug-likeness (QED) is 0.616. The summed E-state index contributed by atoms with van der Waals surface area (Å²) in [5.74, 6) is -0.000180. The summed E-state index contributed by atoms with van der Waals surface area (Å²) in [6.07, 6.45) is 0.228. The lowest BCUT2D eigenvalue weighted by molar-refractivity contribution is -0.117. The van der Waals surface area contributed by atoms with Gasteiger partial charge in [-0.25, -0.2) is 8.42 Å². The Kier molecular flexibility index (Phi) is 6.86. The molecule has 0 spiro atoms. The number of aryl methyl sites for hydroxylation is 2. The van der Waals surface area contributed by atoms with Crippen LogP contribution in [0.2, 0.25) is 0 Å². The van der Waals surface area contributed by atoms with E-state index in [0.29, 0.717) is 5.17 Å². The van der Waals surface area contributed by atoms with Crippen molar-refractivity contribution in [2.45, 2.75) is 45.4 Å². The van der Waals surface area contributed by atoms with Crippen LogP contribution < -0.4 is 9.80 Å². The first-order chi connectivity index (χ1) is 15.7. The smallest absolute Gasteiger partial charge is 0.252 e. The molecule has 0 aliphatic carbocycles. The van der Waals surface area contributed by atoms with Gasteiger partial charge in [0.2, 0.25) is 0 Å². The Hall–Kier alpha value is -2.32. The fourth-order valence-electron chi connectivity index (χ4n) is 4.57. The largest absolute Gasteiger partial charge is 0.372 e. The van der Waals surface area contributed by atoms with Crippen LogP contribution in [0.15, 0.2) is 47.5 Å². The highest BCUT2D eigenvalue weighted by Gasteiger charge is 2.49. The van der Waals surface area contributed by atoms with Gasteiger partial charge in [0, 0.05) is 29.7 Å². The van der Waals surface area contributed by atoms with Gasteiger partial charge in [-0.3, -0.25) is 4.79 Å². The van der Waals surface area contributed by atoms with Crippen LogP contribution in [0.5, 0.6) is 0 Å². The molecule has 8 heteroatoms. The van der Waals surface area contributed by atoms with Crippen molar-refractivity contribution in [3.63, 3.8) is 0 Å². The Morgan fingerprint density at radius 3 is 2.42 bits per heavy atom. The second-order valence-corrected chi connectivity index (χ2v) is 12.1. The van der Waals surface area contributed by atoms with Crippen molar-refractivity contribution in [3.8, 4) is 0 Å². The van der Waals surface area contributed by atoms with Gasteiger partial charge in [-0.2, -0.15) is 4.99 Å². The summed E-state index contributed by atoms with van der Waals surface area (Å²) in [4.78, 5) is 21.6. The highest BCUT2D eigenvalue weighted by atomic mass is 32.2. The first-order valence-electron chi connectivity index (χ1n) is 11.4. The van der Waals surface area contributed by atoms with E-state index in [1.54, 1.807) is 0 Å². The predicted molar refractivity (Wildman–Crippen MR) is 138 cm³/mol. The second-order valence-electron chi connectivity index (χ2n) is 8.76. The number of anilines is 2. The maximum atomic E-state index is 12.8. The molecule has 2 heterocycles. The van der Waals surface area contributed by atoms with Crippen molar-refractivity contribution in [3.05, 3.63) is 59.2 Å². The normalized spacial score (nSPS) is 22.5. The lowest BCUT2D eigenvalue weighted by Crippen LogP contribution is -2.38. The molecule has 0 saturated carbocycles. The molecule has 2 atom stereocenters. The number of nitrogens with zero attached hydrogens (tertiary/aromatic N) is 3. The first-order valence-corrected chi connectivity index (χ1v) is 14.1. The molecule has 2 aromatic rings. The second kappa shape index (κ2) is 9.50. The molecule has 176 valence electrons. The van der Waals surface area contributed by atoms with Gasteiger partial charge in [-0.15, -0.1) is 0 Å². The molecular formula is C25H31N3O3S2. The first kappa shape index (κ1) is 23.8. The number of rotatable bonds is 6. The third-order valence-electron chi connectivity index (χ3n) is 6.33. The molecular weight excluding hydrogens is 454 g/mol. The minimum absolute atomic E-state index is 0.0904. The van der Waals surface area contributed by atoms with E-state index in [1.807, 2.05) is 49.1 Å². The maximum Gasteiger partial charge on any atom is 0.252 e. The van der Waals surface area contributed by atoms with Crippen LogP contribution in [0.3, 0.4) is 0 Å². The Balaban J connectivity index is 1.66. The predicted octanol–water partition coefficient (Wildman–Crippen LogP) is 3.99.